The van der Waals surface area contributed by atoms with Crippen LogP contribution in [0.2, 0.25) is 0 Å². The third-order valence-corrected chi connectivity index (χ3v) is 7.92. The van der Waals surface area contributed by atoms with E-state index >= 15 is 0 Å². The molecule has 0 aliphatic carbocycles. The van der Waals surface area contributed by atoms with E-state index in [1.165, 1.54) is 21.9 Å². The highest BCUT2D eigenvalue weighted by molar-refractivity contribution is 5.99. The summed E-state index contributed by atoms with van der Waals surface area (Å²) in [5, 5.41) is 2.45. The molecule has 0 fully saturated rings. The van der Waals surface area contributed by atoms with E-state index < -0.39 is 0 Å². The van der Waals surface area contributed by atoms with Gasteiger partial charge in [-0.3, -0.25) is 0 Å². The first-order valence-electron chi connectivity index (χ1n) is 14.9. The van der Waals surface area contributed by atoms with Crippen molar-refractivity contribution in [3.8, 4) is 11.1 Å². The zero-order chi connectivity index (χ0) is 29.6. The number of hydrogen-bond donors (Lipinski definition) is 0. The lowest BCUT2D eigenvalue weighted by molar-refractivity contribution is 1.06. The summed E-state index contributed by atoms with van der Waals surface area (Å²) in [6.07, 6.45) is 3.05. The first kappa shape index (κ1) is 27.8. The first-order valence-corrected chi connectivity index (χ1v) is 14.9. The Hall–Kier alpha value is -5.34. The summed E-state index contributed by atoms with van der Waals surface area (Å²) in [6.45, 7) is 8.59. The predicted octanol–water partition coefficient (Wildman–Crippen LogP) is 12.0. The summed E-state index contributed by atoms with van der Waals surface area (Å²) in [6, 6.07) is 53.9. The Morgan fingerprint density at radius 2 is 1.05 bits per heavy atom. The van der Waals surface area contributed by atoms with Crippen molar-refractivity contribution in [3.05, 3.63) is 176 Å². The molecule has 0 heterocycles. The van der Waals surface area contributed by atoms with E-state index in [0.717, 1.165) is 46.1 Å². The Morgan fingerprint density at radius 1 is 0.558 bits per heavy atom. The number of fused-ring (bicyclic) bond motifs is 1. The number of benzene rings is 6. The van der Waals surface area contributed by atoms with Crippen LogP contribution >= 0.6 is 0 Å². The Labute approximate surface area is 255 Å². The topological polar surface area (TPSA) is 6.48 Å². The Kier molecular flexibility index (Phi) is 8.19. The molecule has 6 rings (SSSR count). The van der Waals surface area contributed by atoms with Crippen LogP contribution in [0.1, 0.15) is 20.3 Å². The average Bonchev–Trinajstić information content (AvgIpc) is 3.08. The SMILES string of the molecule is C=C(CC)/C(=C\C)N(c1ccccc1)c1ccc(-c2ccc(N(c3ccccc3)c3cccc4ccccc34)cc2)cc1. The molecular weight excluding hydrogens is 520 g/mol. The molecule has 0 radical (unpaired) electrons. The van der Waals surface area contributed by atoms with E-state index in [-0.39, 0.29) is 0 Å². The molecule has 43 heavy (non-hydrogen) atoms. The van der Waals surface area contributed by atoms with E-state index in [9.17, 15) is 0 Å². The maximum atomic E-state index is 4.35. The zero-order valence-electron chi connectivity index (χ0n) is 24.8. The molecule has 0 amide bonds. The van der Waals surface area contributed by atoms with E-state index in [2.05, 4.69) is 188 Å². The minimum absolute atomic E-state index is 0.895. The molecule has 0 aliphatic heterocycles. The molecule has 0 N–H and O–H groups in total. The standard InChI is InChI=1S/C41H36N2/c1-4-31(3)40(5-2)42(35-17-8-6-9-18-35)37-27-23-32(24-28-37)33-25-29-38(30-26-33)43(36-19-10-7-11-20-36)41-22-14-16-34-15-12-13-21-39(34)41/h5-30H,3-4H2,1-2H3/b40-5+. The van der Waals surface area contributed by atoms with Gasteiger partial charge < -0.3 is 9.80 Å². The van der Waals surface area contributed by atoms with Gasteiger partial charge in [-0.25, -0.2) is 0 Å². The van der Waals surface area contributed by atoms with Gasteiger partial charge in [0, 0.05) is 33.8 Å². The van der Waals surface area contributed by atoms with Gasteiger partial charge in [0.2, 0.25) is 0 Å². The molecule has 0 unspecified atom stereocenters. The van der Waals surface area contributed by atoms with Crippen LogP contribution in [-0.4, -0.2) is 0 Å². The molecule has 210 valence electrons. The third kappa shape index (κ3) is 5.73. The number of allylic oxidation sites excluding steroid dienone is 2. The highest BCUT2D eigenvalue weighted by Crippen LogP contribution is 2.40. The lowest BCUT2D eigenvalue weighted by Gasteiger charge is -2.29. The molecule has 0 atom stereocenters. The number of anilines is 5. The van der Waals surface area contributed by atoms with Crippen molar-refractivity contribution in [2.24, 2.45) is 0 Å². The minimum Gasteiger partial charge on any atom is -0.311 e. The second-order valence-electron chi connectivity index (χ2n) is 10.6. The van der Waals surface area contributed by atoms with Crippen molar-refractivity contribution in [1.29, 1.82) is 0 Å². The molecule has 2 heteroatoms. The molecule has 6 aromatic carbocycles. The van der Waals surface area contributed by atoms with E-state index in [4.69, 9.17) is 0 Å². The molecular formula is C41H36N2. The second-order valence-corrected chi connectivity index (χ2v) is 10.6. The van der Waals surface area contributed by atoms with Gasteiger partial charge in [-0.2, -0.15) is 0 Å². The van der Waals surface area contributed by atoms with Gasteiger partial charge in [-0.05, 0) is 90.0 Å². The number of nitrogens with zero attached hydrogens (tertiary/aromatic N) is 2. The minimum atomic E-state index is 0.895. The molecule has 2 nitrogen and oxygen atoms in total. The van der Waals surface area contributed by atoms with Crippen molar-refractivity contribution >= 4 is 39.2 Å². The van der Waals surface area contributed by atoms with Crippen LogP contribution in [0.25, 0.3) is 21.9 Å². The molecule has 0 saturated heterocycles. The van der Waals surface area contributed by atoms with Crippen LogP contribution in [0.15, 0.2) is 176 Å². The largest absolute Gasteiger partial charge is 0.311 e. The fraction of sp³-hybridized carbons (Fsp3) is 0.0732. The van der Waals surface area contributed by atoms with Crippen LogP contribution in [-0.2, 0) is 0 Å². The van der Waals surface area contributed by atoms with E-state index in [0.29, 0.717) is 0 Å². The van der Waals surface area contributed by atoms with Gasteiger partial charge in [-0.15, -0.1) is 0 Å². The van der Waals surface area contributed by atoms with Gasteiger partial charge in [0.25, 0.3) is 0 Å². The van der Waals surface area contributed by atoms with E-state index in [1.807, 2.05) is 0 Å². The van der Waals surface area contributed by atoms with Crippen molar-refractivity contribution in [1.82, 2.24) is 0 Å². The lowest BCUT2D eigenvalue weighted by Crippen LogP contribution is -2.17. The van der Waals surface area contributed by atoms with E-state index in [1.54, 1.807) is 0 Å². The van der Waals surface area contributed by atoms with Crippen molar-refractivity contribution < 1.29 is 0 Å². The summed E-state index contributed by atoms with van der Waals surface area (Å²) in [4.78, 5) is 4.63. The molecule has 0 saturated carbocycles. The summed E-state index contributed by atoms with van der Waals surface area (Å²) < 4.78 is 0. The van der Waals surface area contributed by atoms with Crippen LogP contribution in [0.3, 0.4) is 0 Å². The van der Waals surface area contributed by atoms with Crippen molar-refractivity contribution in [3.63, 3.8) is 0 Å². The summed E-state index contributed by atoms with van der Waals surface area (Å²) in [5.74, 6) is 0. The quantitative estimate of drug-likeness (QED) is 0.163. The van der Waals surface area contributed by atoms with Crippen LogP contribution in [0.5, 0.6) is 0 Å². The van der Waals surface area contributed by atoms with Gasteiger partial charge in [0.05, 0.1) is 5.69 Å². The predicted molar refractivity (Wildman–Crippen MR) is 186 cm³/mol. The smallest absolute Gasteiger partial charge is 0.0540 e. The monoisotopic (exact) mass is 556 g/mol. The van der Waals surface area contributed by atoms with Crippen molar-refractivity contribution in [2.75, 3.05) is 9.80 Å². The average molecular weight is 557 g/mol. The van der Waals surface area contributed by atoms with Crippen LogP contribution < -0.4 is 9.80 Å². The first-order chi connectivity index (χ1) is 21.2. The molecule has 0 aromatic heterocycles. The molecule has 0 spiro atoms. The summed E-state index contributed by atoms with van der Waals surface area (Å²) >= 11 is 0. The van der Waals surface area contributed by atoms with Crippen LogP contribution in [0, 0.1) is 0 Å². The highest BCUT2D eigenvalue weighted by Gasteiger charge is 2.17. The van der Waals surface area contributed by atoms with Gasteiger partial charge in [-0.1, -0.05) is 117 Å². The number of rotatable bonds is 9. The highest BCUT2D eigenvalue weighted by atomic mass is 15.2. The molecule has 6 aromatic rings. The van der Waals surface area contributed by atoms with Gasteiger partial charge >= 0.3 is 0 Å². The fourth-order valence-corrected chi connectivity index (χ4v) is 5.69. The fourth-order valence-electron chi connectivity index (χ4n) is 5.69. The summed E-state index contributed by atoms with van der Waals surface area (Å²) in [7, 11) is 0. The number of hydrogen-bond acceptors (Lipinski definition) is 2. The Bertz CT molecular complexity index is 1850. The number of para-hydroxylation sites is 2. The molecule has 0 aliphatic rings. The summed E-state index contributed by atoms with van der Waals surface area (Å²) in [5.41, 5.74) is 10.2. The Balaban J connectivity index is 1.35. The lowest BCUT2D eigenvalue weighted by atomic mass is 10.0. The van der Waals surface area contributed by atoms with Gasteiger partial charge in [0.1, 0.15) is 0 Å². The maximum absolute atomic E-state index is 4.35. The van der Waals surface area contributed by atoms with Crippen molar-refractivity contribution in [2.45, 2.75) is 20.3 Å². The maximum Gasteiger partial charge on any atom is 0.0540 e. The molecule has 0 bridgehead atoms. The third-order valence-electron chi connectivity index (χ3n) is 7.92. The second kappa shape index (κ2) is 12.7. The Morgan fingerprint density at radius 3 is 1.65 bits per heavy atom. The van der Waals surface area contributed by atoms with Crippen LogP contribution in [0.4, 0.5) is 28.4 Å². The normalized spacial score (nSPS) is 11.3. The zero-order valence-corrected chi connectivity index (χ0v) is 24.8. The van der Waals surface area contributed by atoms with Gasteiger partial charge in [0.15, 0.2) is 0 Å².